The van der Waals surface area contributed by atoms with E-state index in [9.17, 15) is 0 Å². The van der Waals surface area contributed by atoms with E-state index in [1.165, 1.54) is 14.2 Å². The second-order valence-corrected chi connectivity index (χ2v) is 8.70. The minimum atomic E-state index is 0.452. The number of nitrogens with one attached hydrogen (secondary N) is 1. The highest BCUT2D eigenvalue weighted by Gasteiger charge is 2.14. The molecule has 1 nitrogen and oxygen atoms in total. The summed E-state index contributed by atoms with van der Waals surface area (Å²) in [5, 5.41) is 4.39. The van der Waals surface area contributed by atoms with Crippen LogP contribution in [0.4, 0.5) is 0 Å². The topological polar surface area (TPSA) is 12.0 Å². The molecular weight excluding hydrogens is 366 g/mol. The number of benzene rings is 1. The van der Waals surface area contributed by atoms with Gasteiger partial charge in [-0.1, -0.05) is 37.6 Å². The van der Waals surface area contributed by atoms with Crippen molar-refractivity contribution in [2.24, 2.45) is 5.92 Å². The third-order valence-electron chi connectivity index (χ3n) is 3.34. The summed E-state index contributed by atoms with van der Waals surface area (Å²) in [7, 11) is 0. The maximum atomic E-state index is 6.16. The number of hydrogen-bond acceptors (Lipinski definition) is 2. The van der Waals surface area contributed by atoms with Crippen LogP contribution in [-0.2, 0) is 6.42 Å². The van der Waals surface area contributed by atoms with Crippen LogP contribution in [0.5, 0.6) is 0 Å². The first kappa shape index (κ1) is 17.0. The molecule has 0 saturated heterocycles. The molecule has 1 N–H and O–H groups in total. The molecule has 0 bridgehead atoms. The fourth-order valence-corrected chi connectivity index (χ4v) is 4.08. The van der Waals surface area contributed by atoms with E-state index in [0.717, 1.165) is 24.5 Å². The molecule has 1 unspecified atom stereocenters. The lowest BCUT2D eigenvalue weighted by molar-refractivity contribution is 0.515. The Hall–Kier alpha value is -0.350. The van der Waals surface area contributed by atoms with Crippen LogP contribution in [0.3, 0.4) is 0 Å². The van der Waals surface area contributed by atoms with Crippen LogP contribution >= 0.6 is 38.9 Å². The Morgan fingerprint density at radius 2 is 2.00 bits per heavy atom. The molecule has 2 rings (SSSR count). The Kier molecular flexibility index (Phi) is 6.74. The van der Waals surface area contributed by atoms with Gasteiger partial charge in [-0.25, -0.2) is 0 Å². The molecule has 1 atom stereocenters. The highest BCUT2D eigenvalue weighted by molar-refractivity contribution is 9.11. The summed E-state index contributed by atoms with van der Waals surface area (Å²) in [4.78, 5) is 1.40. The van der Waals surface area contributed by atoms with Gasteiger partial charge in [0.2, 0.25) is 0 Å². The Morgan fingerprint density at radius 1 is 1.19 bits per heavy atom. The Bertz CT molecular complexity index is 567. The van der Waals surface area contributed by atoms with Crippen LogP contribution in [0.1, 0.15) is 30.2 Å². The zero-order valence-electron chi connectivity index (χ0n) is 12.4. The summed E-state index contributed by atoms with van der Waals surface area (Å²) >= 11 is 11.5. The summed E-state index contributed by atoms with van der Waals surface area (Å²) in [5.74, 6) is 1.12. The van der Waals surface area contributed by atoms with E-state index in [2.05, 4.69) is 59.4 Å². The fraction of sp³-hybridized carbons (Fsp3) is 0.412. The average Bonchev–Trinajstić information content (AvgIpc) is 2.83. The molecular formula is C17H21BrClNS. The first-order chi connectivity index (χ1) is 10.0. The molecule has 21 heavy (non-hydrogen) atoms. The number of rotatable bonds is 7. The van der Waals surface area contributed by atoms with E-state index in [4.69, 9.17) is 11.6 Å². The summed E-state index contributed by atoms with van der Waals surface area (Å²) < 4.78 is 1.19. The van der Waals surface area contributed by atoms with Gasteiger partial charge in [0.15, 0.2) is 0 Å². The number of halogens is 2. The number of hydrogen-bond donors (Lipinski definition) is 1. The standard InChI is InChI=1S/C17H21BrClNS/c1-12(2)10-20-11-14(9-16-6-7-17(18)21-16)13-4-3-5-15(19)8-13/h3-8,12,14,20H,9-11H2,1-2H3. The van der Waals surface area contributed by atoms with Crippen molar-refractivity contribution in [2.45, 2.75) is 26.2 Å². The van der Waals surface area contributed by atoms with Crippen molar-refractivity contribution in [3.8, 4) is 0 Å². The van der Waals surface area contributed by atoms with Gasteiger partial charge < -0.3 is 5.32 Å². The number of thiophene rings is 1. The molecule has 0 aliphatic heterocycles. The lowest BCUT2D eigenvalue weighted by atomic mass is 9.94. The summed E-state index contributed by atoms with van der Waals surface area (Å²) in [5.41, 5.74) is 1.31. The molecule has 1 aromatic heterocycles. The molecule has 1 aromatic carbocycles. The van der Waals surface area contributed by atoms with Crippen LogP contribution in [0.25, 0.3) is 0 Å². The quantitative estimate of drug-likeness (QED) is 0.640. The first-order valence-electron chi connectivity index (χ1n) is 7.25. The van der Waals surface area contributed by atoms with Crippen molar-refractivity contribution in [3.63, 3.8) is 0 Å². The van der Waals surface area contributed by atoms with Crippen molar-refractivity contribution in [1.82, 2.24) is 5.32 Å². The molecule has 0 aliphatic carbocycles. The molecule has 0 spiro atoms. The van der Waals surface area contributed by atoms with Crippen LogP contribution in [0, 0.1) is 5.92 Å². The molecule has 2 aromatic rings. The van der Waals surface area contributed by atoms with E-state index in [1.807, 2.05) is 23.5 Å². The molecule has 4 heteroatoms. The fourth-order valence-electron chi connectivity index (χ4n) is 2.32. The van der Waals surface area contributed by atoms with Crippen molar-refractivity contribution < 1.29 is 0 Å². The normalized spacial score (nSPS) is 12.8. The van der Waals surface area contributed by atoms with E-state index >= 15 is 0 Å². The Morgan fingerprint density at radius 3 is 2.62 bits per heavy atom. The SMILES string of the molecule is CC(C)CNCC(Cc1ccc(Br)s1)c1cccc(Cl)c1. The van der Waals surface area contributed by atoms with Gasteiger partial charge in [0.05, 0.1) is 3.79 Å². The highest BCUT2D eigenvalue weighted by atomic mass is 79.9. The van der Waals surface area contributed by atoms with Gasteiger partial charge in [0.25, 0.3) is 0 Å². The molecule has 1 heterocycles. The van der Waals surface area contributed by atoms with Gasteiger partial charge in [-0.05, 0) is 64.6 Å². The molecule has 0 saturated carbocycles. The first-order valence-corrected chi connectivity index (χ1v) is 9.23. The van der Waals surface area contributed by atoms with Gasteiger partial charge >= 0.3 is 0 Å². The average molecular weight is 387 g/mol. The molecule has 0 aliphatic rings. The van der Waals surface area contributed by atoms with Gasteiger partial charge in [-0.3, -0.25) is 0 Å². The smallest absolute Gasteiger partial charge is 0.0701 e. The van der Waals surface area contributed by atoms with Crippen LogP contribution < -0.4 is 5.32 Å². The maximum Gasteiger partial charge on any atom is 0.0701 e. The van der Waals surface area contributed by atoms with Crippen LogP contribution in [0.15, 0.2) is 40.2 Å². The van der Waals surface area contributed by atoms with Gasteiger partial charge in [-0.15, -0.1) is 11.3 Å². The largest absolute Gasteiger partial charge is 0.316 e. The summed E-state index contributed by atoms with van der Waals surface area (Å²) in [6.07, 6.45) is 1.04. The highest BCUT2D eigenvalue weighted by Crippen LogP contribution is 2.29. The maximum absolute atomic E-state index is 6.16. The predicted octanol–water partition coefficient (Wildman–Crippen LogP) is 5.74. The van der Waals surface area contributed by atoms with E-state index in [1.54, 1.807) is 0 Å². The molecule has 0 radical (unpaired) electrons. The summed E-state index contributed by atoms with van der Waals surface area (Å²) in [6, 6.07) is 12.6. The Balaban J connectivity index is 2.09. The monoisotopic (exact) mass is 385 g/mol. The molecule has 114 valence electrons. The Labute approximate surface area is 144 Å². The predicted molar refractivity (Wildman–Crippen MR) is 97.6 cm³/mol. The van der Waals surface area contributed by atoms with E-state index in [-0.39, 0.29) is 0 Å². The van der Waals surface area contributed by atoms with Gasteiger partial charge in [0.1, 0.15) is 0 Å². The zero-order chi connectivity index (χ0) is 15.2. The summed E-state index contributed by atoms with van der Waals surface area (Å²) in [6.45, 7) is 6.49. The third-order valence-corrected chi connectivity index (χ3v) is 5.22. The second-order valence-electron chi connectivity index (χ2n) is 5.71. The zero-order valence-corrected chi connectivity index (χ0v) is 15.6. The van der Waals surface area contributed by atoms with Crippen molar-refractivity contribution >= 4 is 38.9 Å². The van der Waals surface area contributed by atoms with Crippen molar-refractivity contribution in [1.29, 1.82) is 0 Å². The third kappa shape index (κ3) is 5.74. The lowest BCUT2D eigenvalue weighted by Crippen LogP contribution is -2.26. The van der Waals surface area contributed by atoms with Crippen LogP contribution in [-0.4, -0.2) is 13.1 Å². The minimum Gasteiger partial charge on any atom is -0.316 e. The van der Waals surface area contributed by atoms with E-state index < -0.39 is 0 Å². The van der Waals surface area contributed by atoms with E-state index in [0.29, 0.717) is 11.8 Å². The lowest BCUT2D eigenvalue weighted by Gasteiger charge is -2.19. The second kappa shape index (κ2) is 8.33. The minimum absolute atomic E-state index is 0.452. The molecule has 0 fully saturated rings. The van der Waals surface area contributed by atoms with Crippen molar-refractivity contribution in [3.05, 3.63) is 55.6 Å². The van der Waals surface area contributed by atoms with Crippen LogP contribution in [0.2, 0.25) is 5.02 Å². The van der Waals surface area contributed by atoms with Gasteiger partial charge in [-0.2, -0.15) is 0 Å². The van der Waals surface area contributed by atoms with Gasteiger partial charge in [0, 0.05) is 22.4 Å². The van der Waals surface area contributed by atoms with Crippen molar-refractivity contribution in [2.75, 3.05) is 13.1 Å². The molecule has 0 amide bonds.